The van der Waals surface area contributed by atoms with E-state index in [4.69, 9.17) is 22.1 Å². The fourth-order valence-corrected chi connectivity index (χ4v) is 2.42. The molecule has 0 fully saturated rings. The van der Waals surface area contributed by atoms with Gasteiger partial charge in [-0.3, -0.25) is 4.79 Å². The number of benzene rings is 2. The average molecular weight is 355 g/mol. The summed E-state index contributed by atoms with van der Waals surface area (Å²) in [5, 5.41) is 0.376. The second-order valence-corrected chi connectivity index (χ2v) is 5.41. The highest BCUT2D eigenvalue weighted by molar-refractivity contribution is 9.10. The van der Waals surface area contributed by atoms with Gasteiger partial charge >= 0.3 is 0 Å². The normalized spacial score (nSPS) is 10.3. The number of ketones is 1. The number of ether oxygens (including phenoxy) is 1. The van der Waals surface area contributed by atoms with Gasteiger partial charge in [-0.1, -0.05) is 11.6 Å². The zero-order valence-electron chi connectivity index (χ0n) is 10.8. The maximum atomic E-state index is 12.4. The first kappa shape index (κ1) is 14.9. The molecule has 0 atom stereocenters. The van der Waals surface area contributed by atoms with Crippen LogP contribution < -0.4 is 10.5 Å². The van der Waals surface area contributed by atoms with Crippen LogP contribution in [-0.4, -0.2) is 12.4 Å². The molecule has 2 N–H and O–H groups in total. The number of halogens is 2. The van der Waals surface area contributed by atoms with Crippen LogP contribution in [0.2, 0.25) is 5.02 Å². The van der Waals surface area contributed by atoms with Crippen molar-refractivity contribution in [3.63, 3.8) is 0 Å². The molecule has 0 heterocycles. The van der Waals surface area contributed by atoms with Crippen molar-refractivity contribution in [1.82, 2.24) is 0 Å². The van der Waals surface area contributed by atoms with E-state index < -0.39 is 0 Å². The third-order valence-corrected chi connectivity index (χ3v) is 3.70. The zero-order chi connectivity index (χ0) is 14.7. The maximum Gasteiger partial charge on any atom is 0.193 e. The minimum atomic E-state index is -0.115. The second-order valence-electron chi connectivity index (χ2n) is 4.14. The minimum absolute atomic E-state index is 0.115. The smallest absolute Gasteiger partial charge is 0.193 e. The second kappa shape index (κ2) is 6.29. The molecule has 0 aliphatic rings. The van der Waals surface area contributed by atoms with E-state index in [1.165, 1.54) is 0 Å². The van der Waals surface area contributed by atoms with Crippen molar-refractivity contribution < 1.29 is 9.53 Å². The monoisotopic (exact) mass is 353 g/mol. The SMILES string of the molecule is CCOc1ccc(C(=O)c2ccc(N)c(Cl)c2)cc1Br. The van der Waals surface area contributed by atoms with Gasteiger partial charge in [-0.25, -0.2) is 0 Å². The van der Waals surface area contributed by atoms with Crippen molar-refractivity contribution in [2.24, 2.45) is 0 Å². The van der Waals surface area contributed by atoms with Gasteiger partial charge in [0.05, 0.1) is 21.8 Å². The number of nitrogens with two attached hydrogens (primary N) is 1. The van der Waals surface area contributed by atoms with Crippen molar-refractivity contribution in [1.29, 1.82) is 0 Å². The van der Waals surface area contributed by atoms with Gasteiger partial charge in [-0.05, 0) is 59.3 Å². The molecule has 104 valence electrons. The highest BCUT2D eigenvalue weighted by atomic mass is 79.9. The largest absolute Gasteiger partial charge is 0.493 e. The molecule has 0 spiro atoms. The molecule has 0 aliphatic heterocycles. The van der Waals surface area contributed by atoms with E-state index in [0.717, 1.165) is 4.47 Å². The molecule has 0 radical (unpaired) electrons. The Hall–Kier alpha value is -1.52. The van der Waals surface area contributed by atoms with Gasteiger partial charge in [0.1, 0.15) is 5.75 Å². The molecular weight excluding hydrogens is 342 g/mol. The molecular formula is C15H13BrClNO2. The summed E-state index contributed by atoms with van der Waals surface area (Å²) in [5.74, 6) is 0.593. The summed E-state index contributed by atoms with van der Waals surface area (Å²) >= 11 is 9.33. The van der Waals surface area contributed by atoms with E-state index >= 15 is 0 Å². The van der Waals surface area contributed by atoms with Gasteiger partial charge in [-0.2, -0.15) is 0 Å². The van der Waals surface area contributed by atoms with Gasteiger partial charge < -0.3 is 10.5 Å². The van der Waals surface area contributed by atoms with E-state index in [-0.39, 0.29) is 5.78 Å². The number of rotatable bonds is 4. The summed E-state index contributed by atoms with van der Waals surface area (Å²) < 4.78 is 6.16. The van der Waals surface area contributed by atoms with E-state index in [1.54, 1.807) is 36.4 Å². The molecule has 0 aliphatic carbocycles. The maximum absolute atomic E-state index is 12.4. The van der Waals surface area contributed by atoms with Crippen LogP contribution in [0, 0.1) is 0 Å². The van der Waals surface area contributed by atoms with E-state index in [9.17, 15) is 4.79 Å². The van der Waals surface area contributed by atoms with E-state index in [2.05, 4.69) is 15.9 Å². The Morgan fingerprint density at radius 3 is 2.50 bits per heavy atom. The summed E-state index contributed by atoms with van der Waals surface area (Å²) in [5.41, 5.74) is 7.15. The number of carbonyl (C=O) groups excluding carboxylic acids is 1. The van der Waals surface area contributed by atoms with Crippen LogP contribution in [0.4, 0.5) is 5.69 Å². The van der Waals surface area contributed by atoms with Crippen LogP contribution in [0.1, 0.15) is 22.8 Å². The highest BCUT2D eigenvalue weighted by Gasteiger charge is 2.12. The summed E-state index contributed by atoms with van der Waals surface area (Å²) in [6.07, 6.45) is 0. The van der Waals surface area contributed by atoms with Crippen LogP contribution in [0.5, 0.6) is 5.75 Å². The summed E-state index contributed by atoms with van der Waals surface area (Å²) in [6, 6.07) is 10.1. The van der Waals surface area contributed by atoms with Gasteiger partial charge in [0, 0.05) is 11.1 Å². The summed E-state index contributed by atoms with van der Waals surface area (Å²) in [4.78, 5) is 12.4. The van der Waals surface area contributed by atoms with Crippen LogP contribution >= 0.6 is 27.5 Å². The molecule has 2 rings (SSSR count). The lowest BCUT2D eigenvalue weighted by Gasteiger charge is -2.08. The fraction of sp³-hybridized carbons (Fsp3) is 0.133. The Bertz CT molecular complexity index is 658. The summed E-state index contributed by atoms with van der Waals surface area (Å²) in [6.45, 7) is 2.47. The van der Waals surface area contributed by atoms with Gasteiger partial charge in [0.15, 0.2) is 5.78 Å². The quantitative estimate of drug-likeness (QED) is 0.657. The van der Waals surface area contributed by atoms with Crippen LogP contribution in [0.25, 0.3) is 0 Å². The van der Waals surface area contributed by atoms with Gasteiger partial charge in [-0.15, -0.1) is 0 Å². The molecule has 5 heteroatoms. The lowest BCUT2D eigenvalue weighted by Crippen LogP contribution is -2.03. The van der Waals surface area contributed by atoms with Crippen molar-refractivity contribution in [2.75, 3.05) is 12.3 Å². The predicted molar refractivity (Wildman–Crippen MR) is 84.6 cm³/mol. The standard InChI is InChI=1S/C15H13BrClNO2/c1-2-20-14-6-4-9(7-11(14)16)15(19)10-3-5-13(18)12(17)8-10/h3-8H,2,18H2,1H3. The number of hydrogen-bond acceptors (Lipinski definition) is 3. The lowest BCUT2D eigenvalue weighted by atomic mass is 10.0. The topological polar surface area (TPSA) is 52.3 Å². The zero-order valence-corrected chi connectivity index (χ0v) is 13.2. The molecule has 2 aromatic carbocycles. The molecule has 0 amide bonds. The third kappa shape index (κ3) is 3.14. The molecule has 0 unspecified atom stereocenters. The highest BCUT2D eigenvalue weighted by Crippen LogP contribution is 2.28. The number of anilines is 1. The van der Waals surface area contributed by atoms with E-state index in [1.807, 2.05) is 6.92 Å². The molecule has 0 saturated carbocycles. The number of hydrogen-bond donors (Lipinski definition) is 1. The first-order chi connectivity index (χ1) is 9.52. The Kier molecular flexibility index (Phi) is 4.68. The molecule has 2 aromatic rings. The fourth-order valence-electron chi connectivity index (χ4n) is 1.75. The van der Waals surface area contributed by atoms with Crippen LogP contribution in [0.3, 0.4) is 0 Å². The Morgan fingerprint density at radius 1 is 1.25 bits per heavy atom. The molecule has 3 nitrogen and oxygen atoms in total. The van der Waals surface area contributed by atoms with Crippen molar-refractivity contribution in [3.8, 4) is 5.75 Å². The van der Waals surface area contributed by atoms with Crippen molar-refractivity contribution in [2.45, 2.75) is 6.92 Å². The molecule has 0 saturated heterocycles. The average Bonchev–Trinajstić information content (AvgIpc) is 2.43. The van der Waals surface area contributed by atoms with Gasteiger partial charge in [0.2, 0.25) is 0 Å². The van der Waals surface area contributed by atoms with E-state index in [0.29, 0.717) is 34.2 Å². The summed E-state index contributed by atoms with van der Waals surface area (Å²) in [7, 11) is 0. The number of nitrogen functional groups attached to an aromatic ring is 1. The first-order valence-electron chi connectivity index (χ1n) is 6.05. The Balaban J connectivity index is 2.33. The molecule has 0 aromatic heterocycles. The lowest BCUT2D eigenvalue weighted by molar-refractivity contribution is 0.103. The van der Waals surface area contributed by atoms with Crippen molar-refractivity contribution in [3.05, 3.63) is 57.0 Å². The first-order valence-corrected chi connectivity index (χ1v) is 7.22. The van der Waals surface area contributed by atoms with Crippen molar-refractivity contribution >= 4 is 39.0 Å². The Labute approximate surface area is 130 Å². The predicted octanol–water partition coefficient (Wildman–Crippen LogP) is 4.31. The molecule has 20 heavy (non-hydrogen) atoms. The van der Waals surface area contributed by atoms with Crippen LogP contribution in [0.15, 0.2) is 40.9 Å². The third-order valence-electron chi connectivity index (χ3n) is 2.76. The number of carbonyl (C=O) groups is 1. The molecule has 0 bridgehead atoms. The minimum Gasteiger partial charge on any atom is -0.493 e. The van der Waals surface area contributed by atoms with Gasteiger partial charge in [0.25, 0.3) is 0 Å². The Morgan fingerprint density at radius 2 is 1.90 bits per heavy atom. The van der Waals surface area contributed by atoms with Crippen LogP contribution in [-0.2, 0) is 0 Å².